The number of morpholine rings is 1. The van der Waals surface area contributed by atoms with Crippen molar-refractivity contribution in [2.45, 2.75) is 0 Å². The van der Waals surface area contributed by atoms with Crippen LogP contribution in [0.1, 0.15) is 10.6 Å². The first-order valence-corrected chi connectivity index (χ1v) is 5.48. The Labute approximate surface area is 94.4 Å². The van der Waals surface area contributed by atoms with Gasteiger partial charge in [-0.1, -0.05) is 0 Å². The summed E-state index contributed by atoms with van der Waals surface area (Å²) in [6, 6.07) is 3.36. The summed E-state index contributed by atoms with van der Waals surface area (Å²) in [7, 11) is 0. The molecular weight excluding hydrogens is 208 g/mol. The molecule has 0 saturated carbocycles. The molecule has 1 aliphatic heterocycles. The number of carbonyl (C=O) groups is 1. The predicted molar refractivity (Wildman–Crippen MR) is 58.3 cm³/mol. The topological polar surface area (TPSA) is 54.7 Å². The summed E-state index contributed by atoms with van der Waals surface area (Å²) in [5.74, 6) is 0.209. The van der Waals surface area contributed by atoms with Gasteiger partial charge in [-0.3, -0.25) is 9.69 Å². The Balaban J connectivity index is 1.66. The smallest absolute Gasteiger partial charge is 0.287 e. The third-order valence-electron chi connectivity index (χ3n) is 2.56. The maximum Gasteiger partial charge on any atom is 0.287 e. The lowest BCUT2D eigenvalue weighted by atomic mass is 10.4. The minimum atomic E-state index is -0.154. The van der Waals surface area contributed by atoms with Gasteiger partial charge in [-0.25, -0.2) is 0 Å². The highest BCUT2D eigenvalue weighted by Crippen LogP contribution is 1.99. The Morgan fingerprint density at radius 2 is 2.25 bits per heavy atom. The largest absolute Gasteiger partial charge is 0.459 e. The van der Waals surface area contributed by atoms with Crippen LogP contribution in [0.3, 0.4) is 0 Å². The fourth-order valence-corrected chi connectivity index (χ4v) is 1.65. The van der Waals surface area contributed by atoms with E-state index < -0.39 is 0 Å². The highest BCUT2D eigenvalue weighted by Gasteiger charge is 2.11. The first kappa shape index (κ1) is 11.2. The van der Waals surface area contributed by atoms with Crippen LogP contribution in [-0.4, -0.2) is 50.2 Å². The van der Waals surface area contributed by atoms with Gasteiger partial charge in [0.15, 0.2) is 5.76 Å². The number of carbonyl (C=O) groups excluding carboxylic acids is 1. The van der Waals surface area contributed by atoms with E-state index in [-0.39, 0.29) is 5.91 Å². The van der Waals surface area contributed by atoms with Crippen molar-refractivity contribution in [1.82, 2.24) is 10.2 Å². The Morgan fingerprint density at radius 3 is 2.94 bits per heavy atom. The number of nitrogens with one attached hydrogen (secondary N) is 1. The average molecular weight is 224 g/mol. The van der Waals surface area contributed by atoms with Crippen molar-refractivity contribution in [2.24, 2.45) is 0 Å². The van der Waals surface area contributed by atoms with Gasteiger partial charge >= 0.3 is 0 Å². The van der Waals surface area contributed by atoms with Crippen molar-refractivity contribution in [3.63, 3.8) is 0 Å². The maximum absolute atomic E-state index is 11.5. The van der Waals surface area contributed by atoms with Crippen LogP contribution in [0.15, 0.2) is 22.8 Å². The van der Waals surface area contributed by atoms with E-state index in [1.54, 1.807) is 12.1 Å². The van der Waals surface area contributed by atoms with E-state index in [4.69, 9.17) is 9.15 Å². The molecule has 88 valence electrons. The summed E-state index contributed by atoms with van der Waals surface area (Å²) in [4.78, 5) is 13.8. The molecule has 16 heavy (non-hydrogen) atoms. The molecule has 0 aliphatic carbocycles. The highest BCUT2D eigenvalue weighted by atomic mass is 16.5. The molecule has 0 unspecified atom stereocenters. The van der Waals surface area contributed by atoms with Crippen LogP contribution in [-0.2, 0) is 4.74 Å². The molecule has 0 spiro atoms. The highest BCUT2D eigenvalue weighted by molar-refractivity contribution is 5.91. The monoisotopic (exact) mass is 224 g/mol. The van der Waals surface area contributed by atoms with Gasteiger partial charge in [0.2, 0.25) is 0 Å². The number of hydrogen-bond donors (Lipinski definition) is 1. The van der Waals surface area contributed by atoms with Crippen LogP contribution in [0.5, 0.6) is 0 Å². The summed E-state index contributed by atoms with van der Waals surface area (Å²) in [5, 5.41) is 2.82. The van der Waals surface area contributed by atoms with Gasteiger partial charge in [-0.05, 0) is 12.1 Å². The number of amides is 1. The van der Waals surface area contributed by atoms with Gasteiger partial charge in [-0.2, -0.15) is 0 Å². The minimum absolute atomic E-state index is 0.154. The summed E-state index contributed by atoms with van der Waals surface area (Å²) >= 11 is 0. The van der Waals surface area contributed by atoms with Crippen molar-refractivity contribution in [3.8, 4) is 0 Å². The standard InChI is InChI=1S/C11H16N2O3/c14-11(10-2-1-7-16-10)12-3-4-13-5-8-15-9-6-13/h1-2,7H,3-6,8-9H2,(H,12,14). The molecule has 5 heteroatoms. The third kappa shape index (κ3) is 3.08. The summed E-state index contributed by atoms with van der Waals surface area (Å²) in [5.41, 5.74) is 0. The Bertz CT molecular complexity index is 318. The normalized spacial score (nSPS) is 17.2. The number of rotatable bonds is 4. The van der Waals surface area contributed by atoms with Crippen LogP contribution in [0.2, 0.25) is 0 Å². The van der Waals surface area contributed by atoms with Crippen LogP contribution in [0.25, 0.3) is 0 Å². The quantitative estimate of drug-likeness (QED) is 0.801. The van der Waals surface area contributed by atoms with Gasteiger partial charge in [0, 0.05) is 26.2 Å². The van der Waals surface area contributed by atoms with Crippen molar-refractivity contribution in [2.75, 3.05) is 39.4 Å². The second-order valence-corrected chi connectivity index (χ2v) is 3.69. The van der Waals surface area contributed by atoms with Gasteiger partial charge < -0.3 is 14.5 Å². The molecule has 0 radical (unpaired) electrons. The van der Waals surface area contributed by atoms with E-state index in [0.717, 1.165) is 32.8 Å². The maximum atomic E-state index is 11.5. The van der Waals surface area contributed by atoms with Crippen molar-refractivity contribution in [3.05, 3.63) is 24.2 Å². The van der Waals surface area contributed by atoms with E-state index in [2.05, 4.69) is 10.2 Å². The molecule has 1 fully saturated rings. The lowest BCUT2D eigenvalue weighted by Gasteiger charge is -2.26. The number of hydrogen-bond acceptors (Lipinski definition) is 4. The fraction of sp³-hybridized carbons (Fsp3) is 0.545. The summed E-state index contributed by atoms with van der Waals surface area (Å²) in [6.07, 6.45) is 1.50. The third-order valence-corrected chi connectivity index (χ3v) is 2.56. The van der Waals surface area contributed by atoms with Gasteiger partial charge in [0.25, 0.3) is 5.91 Å². The fourth-order valence-electron chi connectivity index (χ4n) is 1.65. The van der Waals surface area contributed by atoms with Crippen molar-refractivity contribution in [1.29, 1.82) is 0 Å². The lowest BCUT2D eigenvalue weighted by Crippen LogP contribution is -2.41. The second-order valence-electron chi connectivity index (χ2n) is 3.69. The molecule has 5 nitrogen and oxygen atoms in total. The van der Waals surface area contributed by atoms with E-state index in [1.807, 2.05) is 0 Å². The SMILES string of the molecule is O=C(NCCN1CCOCC1)c1ccco1. The molecule has 1 amide bonds. The van der Waals surface area contributed by atoms with Crippen LogP contribution in [0, 0.1) is 0 Å². The molecular formula is C11H16N2O3. The number of ether oxygens (including phenoxy) is 1. The first-order chi connectivity index (χ1) is 7.86. The van der Waals surface area contributed by atoms with Crippen molar-refractivity contribution < 1.29 is 13.9 Å². The average Bonchev–Trinajstić information content (AvgIpc) is 2.84. The van der Waals surface area contributed by atoms with E-state index >= 15 is 0 Å². The Hall–Kier alpha value is -1.33. The molecule has 0 atom stereocenters. The van der Waals surface area contributed by atoms with E-state index in [0.29, 0.717) is 12.3 Å². The molecule has 0 bridgehead atoms. The van der Waals surface area contributed by atoms with Crippen LogP contribution in [0.4, 0.5) is 0 Å². The number of nitrogens with zero attached hydrogens (tertiary/aromatic N) is 1. The summed E-state index contributed by atoms with van der Waals surface area (Å²) < 4.78 is 10.2. The van der Waals surface area contributed by atoms with Crippen LogP contribution < -0.4 is 5.32 Å². The zero-order chi connectivity index (χ0) is 11.2. The molecule has 0 aromatic carbocycles. The van der Waals surface area contributed by atoms with Gasteiger partial charge in [0.05, 0.1) is 19.5 Å². The zero-order valence-electron chi connectivity index (χ0n) is 9.15. The molecule has 2 heterocycles. The van der Waals surface area contributed by atoms with E-state index in [1.165, 1.54) is 6.26 Å². The number of furan rings is 1. The molecule has 1 aromatic heterocycles. The Kier molecular flexibility index (Phi) is 3.96. The molecule has 1 N–H and O–H groups in total. The zero-order valence-corrected chi connectivity index (χ0v) is 9.15. The Morgan fingerprint density at radius 1 is 1.44 bits per heavy atom. The van der Waals surface area contributed by atoms with Crippen molar-refractivity contribution >= 4 is 5.91 Å². The van der Waals surface area contributed by atoms with Gasteiger partial charge in [0.1, 0.15) is 0 Å². The predicted octanol–water partition coefficient (Wildman–Crippen LogP) is 0.342. The lowest BCUT2D eigenvalue weighted by molar-refractivity contribution is 0.0382. The van der Waals surface area contributed by atoms with E-state index in [9.17, 15) is 4.79 Å². The molecule has 1 aliphatic rings. The molecule has 2 rings (SSSR count). The summed E-state index contributed by atoms with van der Waals surface area (Å²) in [6.45, 7) is 4.95. The second kappa shape index (κ2) is 5.67. The molecule has 1 aromatic rings. The minimum Gasteiger partial charge on any atom is -0.459 e. The first-order valence-electron chi connectivity index (χ1n) is 5.48. The van der Waals surface area contributed by atoms with Crippen LogP contribution >= 0.6 is 0 Å². The molecule has 1 saturated heterocycles. The van der Waals surface area contributed by atoms with Gasteiger partial charge in [-0.15, -0.1) is 0 Å².